The molecule has 0 radical (unpaired) electrons. The number of aryl methyl sites for hydroxylation is 1. The Morgan fingerprint density at radius 2 is 1.81 bits per heavy atom. The topological polar surface area (TPSA) is 65.5 Å². The summed E-state index contributed by atoms with van der Waals surface area (Å²) in [7, 11) is -1.39. The Morgan fingerprint density at radius 1 is 1.06 bits per heavy atom. The SMILES string of the molecule is CCCCCCC1/C(=N/CS(=O)(=O)c2ccc(C)cc2)c2c([nH]c3ccccc23)CN1C. The summed E-state index contributed by atoms with van der Waals surface area (Å²) in [5, 5.41) is 1.13. The van der Waals surface area contributed by atoms with Gasteiger partial charge in [-0.1, -0.05) is 68.5 Å². The van der Waals surface area contributed by atoms with E-state index in [4.69, 9.17) is 4.99 Å². The molecule has 5 nitrogen and oxygen atoms in total. The van der Waals surface area contributed by atoms with Crippen LogP contribution >= 0.6 is 0 Å². The fourth-order valence-electron chi connectivity index (χ4n) is 4.62. The lowest BCUT2D eigenvalue weighted by Gasteiger charge is -2.34. The second-order valence-electron chi connectivity index (χ2n) is 8.90. The fourth-order valence-corrected chi connectivity index (χ4v) is 5.63. The highest BCUT2D eigenvalue weighted by Gasteiger charge is 2.32. The summed E-state index contributed by atoms with van der Waals surface area (Å²) in [4.78, 5) is 11.0. The van der Waals surface area contributed by atoms with Gasteiger partial charge in [0.15, 0.2) is 9.84 Å². The van der Waals surface area contributed by atoms with Crippen LogP contribution in [-0.4, -0.2) is 43.0 Å². The molecule has 170 valence electrons. The highest BCUT2D eigenvalue weighted by molar-refractivity contribution is 7.91. The molecule has 32 heavy (non-hydrogen) atoms. The van der Waals surface area contributed by atoms with Crippen molar-refractivity contribution >= 4 is 26.5 Å². The Labute approximate surface area is 191 Å². The number of para-hydroxylation sites is 1. The number of fused-ring (bicyclic) bond motifs is 3. The zero-order chi connectivity index (χ0) is 22.7. The van der Waals surface area contributed by atoms with E-state index in [9.17, 15) is 8.42 Å². The lowest BCUT2D eigenvalue weighted by molar-refractivity contribution is 0.262. The summed E-state index contributed by atoms with van der Waals surface area (Å²) in [6, 6.07) is 15.4. The van der Waals surface area contributed by atoms with Crippen LogP contribution in [-0.2, 0) is 16.4 Å². The van der Waals surface area contributed by atoms with Gasteiger partial charge in [-0.05, 0) is 38.6 Å². The van der Waals surface area contributed by atoms with Gasteiger partial charge in [0.25, 0.3) is 0 Å². The van der Waals surface area contributed by atoms with E-state index in [1.54, 1.807) is 12.1 Å². The van der Waals surface area contributed by atoms with Crippen LogP contribution in [0.15, 0.2) is 58.4 Å². The maximum Gasteiger partial charge on any atom is 0.198 e. The van der Waals surface area contributed by atoms with E-state index in [0.717, 1.165) is 52.8 Å². The maximum absolute atomic E-state index is 13.1. The quantitative estimate of drug-likeness (QED) is 0.461. The molecule has 1 aromatic heterocycles. The second kappa shape index (κ2) is 9.59. The lowest BCUT2D eigenvalue weighted by atomic mass is 9.91. The van der Waals surface area contributed by atoms with Crippen molar-refractivity contribution in [3.05, 3.63) is 65.4 Å². The molecule has 1 atom stereocenters. The molecule has 2 heterocycles. The number of rotatable bonds is 8. The maximum atomic E-state index is 13.1. The van der Waals surface area contributed by atoms with Crippen molar-refractivity contribution in [3.63, 3.8) is 0 Å². The number of likely N-dealkylation sites (N-methyl/N-ethyl adjacent to an activating group) is 1. The molecule has 0 amide bonds. The van der Waals surface area contributed by atoms with Gasteiger partial charge < -0.3 is 4.98 Å². The van der Waals surface area contributed by atoms with Crippen molar-refractivity contribution < 1.29 is 8.42 Å². The number of hydrogen-bond acceptors (Lipinski definition) is 4. The zero-order valence-corrected chi connectivity index (χ0v) is 20.1. The van der Waals surface area contributed by atoms with Gasteiger partial charge in [0.05, 0.1) is 16.6 Å². The Bertz CT molecular complexity index is 1210. The fraction of sp³-hybridized carbons (Fsp3) is 0.423. The van der Waals surface area contributed by atoms with Gasteiger partial charge in [-0.15, -0.1) is 0 Å². The van der Waals surface area contributed by atoms with Crippen molar-refractivity contribution in [2.24, 2.45) is 4.99 Å². The molecule has 0 fully saturated rings. The molecule has 2 aromatic carbocycles. The van der Waals surface area contributed by atoms with Crippen LogP contribution in [0.3, 0.4) is 0 Å². The van der Waals surface area contributed by atoms with Crippen LogP contribution in [0.1, 0.15) is 55.8 Å². The van der Waals surface area contributed by atoms with E-state index < -0.39 is 9.84 Å². The van der Waals surface area contributed by atoms with Gasteiger partial charge in [-0.2, -0.15) is 0 Å². The van der Waals surface area contributed by atoms with Crippen molar-refractivity contribution in [2.75, 3.05) is 12.9 Å². The second-order valence-corrected chi connectivity index (χ2v) is 10.9. The summed E-state index contributed by atoms with van der Waals surface area (Å²) in [6.45, 7) is 4.98. The van der Waals surface area contributed by atoms with Crippen molar-refractivity contribution in [2.45, 2.75) is 63.4 Å². The number of unbranched alkanes of at least 4 members (excludes halogenated alkanes) is 3. The molecule has 0 bridgehead atoms. The van der Waals surface area contributed by atoms with E-state index in [0.29, 0.717) is 4.90 Å². The smallest absolute Gasteiger partial charge is 0.198 e. The number of H-pyrrole nitrogens is 1. The van der Waals surface area contributed by atoms with E-state index in [2.05, 4.69) is 36.0 Å². The minimum atomic E-state index is -3.50. The summed E-state index contributed by atoms with van der Waals surface area (Å²) >= 11 is 0. The van der Waals surface area contributed by atoms with E-state index in [1.807, 2.05) is 31.2 Å². The number of benzene rings is 2. The van der Waals surface area contributed by atoms with Crippen LogP contribution in [0.4, 0.5) is 0 Å². The highest BCUT2D eigenvalue weighted by Crippen LogP contribution is 2.32. The van der Waals surface area contributed by atoms with Crippen molar-refractivity contribution in [1.29, 1.82) is 0 Å². The minimum Gasteiger partial charge on any atom is -0.357 e. The number of hydrogen-bond donors (Lipinski definition) is 1. The third-order valence-electron chi connectivity index (χ3n) is 6.41. The van der Waals surface area contributed by atoms with Gasteiger partial charge in [-0.3, -0.25) is 9.89 Å². The molecule has 3 aromatic rings. The molecule has 1 N–H and O–H groups in total. The molecular weight excluding hydrogens is 418 g/mol. The third kappa shape index (κ3) is 4.66. The average molecular weight is 452 g/mol. The minimum absolute atomic E-state index is 0.117. The molecule has 1 aliphatic rings. The largest absolute Gasteiger partial charge is 0.357 e. The third-order valence-corrected chi connectivity index (χ3v) is 7.87. The Balaban J connectivity index is 1.73. The van der Waals surface area contributed by atoms with Gasteiger partial charge >= 0.3 is 0 Å². The Kier molecular flexibility index (Phi) is 6.82. The molecule has 6 heteroatoms. The molecule has 1 unspecified atom stereocenters. The standard InChI is InChI=1S/C26H33N3O2S/c1-4-5-6-7-12-24-26(27-18-32(30,31)20-15-13-19(2)14-16-20)25-21-10-8-9-11-22(21)28-23(25)17-29(24)3/h8-11,13-16,24,28H,4-7,12,17-18H2,1-3H3/b27-26-. The lowest BCUT2D eigenvalue weighted by Crippen LogP contribution is -2.43. The number of sulfone groups is 1. The molecule has 0 saturated carbocycles. The molecule has 0 spiro atoms. The molecule has 4 rings (SSSR count). The number of nitrogens with one attached hydrogen (secondary N) is 1. The summed E-state index contributed by atoms with van der Waals surface area (Å²) in [5.41, 5.74) is 5.23. The van der Waals surface area contributed by atoms with Crippen molar-refractivity contribution in [1.82, 2.24) is 9.88 Å². The monoisotopic (exact) mass is 451 g/mol. The van der Waals surface area contributed by atoms with Gasteiger partial charge in [0.2, 0.25) is 0 Å². The van der Waals surface area contributed by atoms with Crippen LogP contribution in [0.5, 0.6) is 0 Å². The first kappa shape index (κ1) is 22.7. The van der Waals surface area contributed by atoms with Gasteiger partial charge in [-0.25, -0.2) is 8.42 Å². The molecule has 0 saturated heterocycles. The van der Waals surface area contributed by atoms with Crippen molar-refractivity contribution in [3.8, 4) is 0 Å². The Hall–Kier alpha value is -2.44. The van der Waals surface area contributed by atoms with Crippen LogP contribution in [0.2, 0.25) is 0 Å². The summed E-state index contributed by atoms with van der Waals surface area (Å²) in [5.74, 6) is -0.232. The number of aliphatic imine (C=N–C) groups is 1. The molecule has 1 aliphatic heterocycles. The predicted molar refractivity (Wildman–Crippen MR) is 132 cm³/mol. The molecule has 0 aliphatic carbocycles. The normalized spacial score (nSPS) is 18.3. The van der Waals surface area contributed by atoms with Crippen LogP contribution in [0, 0.1) is 6.92 Å². The molecular formula is C26H33N3O2S. The number of aromatic nitrogens is 1. The predicted octanol–water partition coefficient (Wildman–Crippen LogP) is 5.48. The first-order chi connectivity index (χ1) is 15.4. The average Bonchev–Trinajstić information content (AvgIpc) is 3.14. The van der Waals surface area contributed by atoms with Crippen LogP contribution in [0.25, 0.3) is 10.9 Å². The van der Waals surface area contributed by atoms with E-state index in [-0.39, 0.29) is 11.9 Å². The Morgan fingerprint density at radius 3 is 2.56 bits per heavy atom. The summed E-state index contributed by atoms with van der Waals surface area (Å²) in [6.07, 6.45) is 5.71. The van der Waals surface area contributed by atoms with Crippen LogP contribution < -0.4 is 0 Å². The van der Waals surface area contributed by atoms with E-state index in [1.165, 1.54) is 19.3 Å². The van der Waals surface area contributed by atoms with Gasteiger partial charge in [0, 0.05) is 28.7 Å². The van der Waals surface area contributed by atoms with E-state index >= 15 is 0 Å². The van der Waals surface area contributed by atoms with Gasteiger partial charge in [0.1, 0.15) is 5.88 Å². The zero-order valence-electron chi connectivity index (χ0n) is 19.3. The number of aromatic amines is 1. The summed E-state index contributed by atoms with van der Waals surface area (Å²) < 4.78 is 26.1. The number of nitrogens with zero attached hydrogens (tertiary/aromatic N) is 2. The highest BCUT2D eigenvalue weighted by atomic mass is 32.2. The first-order valence-electron chi connectivity index (χ1n) is 11.5. The first-order valence-corrected chi connectivity index (χ1v) is 13.2.